The summed E-state index contributed by atoms with van der Waals surface area (Å²) in [5.41, 5.74) is 0. The van der Waals surface area contributed by atoms with Gasteiger partial charge in [-0.1, -0.05) is 287 Å². The van der Waals surface area contributed by atoms with Gasteiger partial charge >= 0.3 is 0 Å². The van der Waals surface area contributed by atoms with Crippen LogP contribution < -0.4 is 0 Å². The molecular weight excluding hydrogens is 905 g/mol. The van der Waals surface area contributed by atoms with Gasteiger partial charge < -0.3 is 33.2 Å². The van der Waals surface area contributed by atoms with Gasteiger partial charge in [-0.2, -0.15) is 0 Å². The highest BCUT2D eigenvalue weighted by Crippen LogP contribution is 2.28. The number of allylic oxidation sites excluding steroid dienone is 2. The van der Waals surface area contributed by atoms with E-state index >= 15 is 0 Å². The van der Waals surface area contributed by atoms with Gasteiger partial charge in [0.15, 0.2) is 25.1 Å². The second-order valence-corrected chi connectivity index (χ2v) is 21.8. The Morgan fingerprint density at radius 1 is 0.247 bits per heavy atom. The summed E-state index contributed by atoms with van der Waals surface area (Å²) in [6.07, 6.45) is 55.3. The second-order valence-electron chi connectivity index (χ2n) is 21.8. The molecule has 0 saturated heterocycles. The van der Waals surface area contributed by atoms with Crippen LogP contribution in [0.3, 0.4) is 0 Å². The lowest BCUT2D eigenvalue weighted by Crippen LogP contribution is -2.25. The summed E-state index contributed by atoms with van der Waals surface area (Å²) in [5.74, 6) is 3.86. The van der Waals surface area contributed by atoms with E-state index in [2.05, 4.69) is 55.4 Å². The van der Waals surface area contributed by atoms with Gasteiger partial charge in [0.2, 0.25) is 0 Å². The zero-order valence-electron chi connectivity index (χ0n) is 50.8. The molecule has 0 saturated carbocycles. The summed E-state index contributed by atoms with van der Waals surface area (Å²) < 4.78 is 47.2. The molecule has 0 aromatic heterocycles. The fraction of sp³-hybridized carbons (Fsp3) is 0.939. The first-order valence-corrected chi connectivity index (χ1v) is 32.9. The molecule has 0 aliphatic carbocycles. The van der Waals surface area contributed by atoms with E-state index in [1.807, 2.05) is 0 Å². The molecule has 0 amide bonds. The highest BCUT2D eigenvalue weighted by molar-refractivity contribution is 5.09. The second kappa shape index (κ2) is 59.8. The minimum absolute atomic E-state index is 0.135. The van der Waals surface area contributed by atoms with Crippen LogP contribution in [0, 0.1) is 0 Å². The summed E-state index contributed by atoms with van der Waals surface area (Å²) in [6, 6.07) is 0. The maximum Gasteiger partial charge on any atom is 0.162 e. The SMILES string of the molecule is CCCCCCCCCCOC(CCCCC)=C(OCCCCCCCCCC)C(CCCC)OCOCOC(CCCC)C(OCCCCCCCCCC)=C(CCCCC)OCCCCCCCCCC. The predicted molar refractivity (Wildman–Crippen MR) is 316 cm³/mol. The Morgan fingerprint density at radius 2 is 0.479 bits per heavy atom. The summed E-state index contributed by atoms with van der Waals surface area (Å²) in [6.45, 7) is 21.4. The van der Waals surface area contributed by atoms with Gasteiger partial charge in [0.05, 0.1) is 26.4 Å². The highest BCUT2D eigenvalue weighted by atomic mass is 16.7. The molecule has 0 bridgehead atoms. The monoisotopic (exact) mass is 1030 g/mol. The van der Waals surface area contributed by atoms with Crippen LogP contribution in [0.2, 0.25) is 0 Å². The largest absolute Gasteiger partial charge is 0.494 e. The Labute approximate surface area is 457 Å². The average Bonchev–Trinajstić information content (AvgIpc) is 3.40. The smallest absolute Gasteiger partial charge is 0.162 e. The van der Waals surface area contributed by atoms with Crippen molar-refractivity contribution in [3.05, 3.63) is 23.0 Å². The van der Waals surface area contributed by atoms with Crippen LogP contribution in [0.5, 0.6) is 0 Å². The van der Waals surface area contributed by atoms with Crippen molar-refractivity contribution in [3.8, 4) is 0 Å². The zero-order chi connectivity index (χ0) is 53.2. The molecule has 73 heavy (non-hydrogen) atoms. The van der Waals surface area contributed by atoms with Crippen molar-refractivity contribution in [2.45, 2.75) is 363 Å². The molecule has 2 atom stereocenters. The van der Waals surface area contributed by atoms with Gasteiger partial charge in [0.25, 0.3) is 0 Å². The third-order valence-corrected chi connectivity index (χ3v) is 14.6. The molecule has 0 N–H and O–H groups in total. The average molecular weight is 1040 g/mol. The van der Waals surface area contributed by atoms with E-state index in [1.165, 1.54) is 205 Å². The number of ether oxygens (including phenoxy) is 7. The predicted octanol–water partition coefficient (Wildman–Crippen LogP) is 22.3. The molecule has 0 heterocycles. The first-order valence-electron chi connectivity index (χ1n) is 32.9. The molecule has 0 aromatic rings. The van der Waals surface area contributed by atoms with Gasteiger partial charge in [-0.3, -0.25) is 0 Å². The van der Waals surface area contributed by atoms with Crippen LogP contribution in [0.25, 0.3) is 0 Å². The molecule has 0 aromatic carbocycles. The lowest BCUT2D eigenvalue weighted by atomic mass is 10.1. The molecule has 0 rings (SSSR count). The molecule has 0 spiro atoms. The van der Waals surface area contributed by atoms with Gasteiger partial charge in [-0.25, -0.2) is 0 Å². The van der Waals surface area contributed by atoms with Crippen LogP contribution in [-0.2, 0) is 33.2 Å². The van der Waals surface area contributed by atoms with Crippen molar-refractivity contribution in [1.29, 1.82) is 0 Å². The maximum atomic E-state index is 6.87. The Morgan fingerprint density at radius 3 is 0.753 bits per heavy atom. The zero-order valence-corrected chi connectivity index (χ0v) is 50.8. The minimum atomic E-state index is -0.222. The lowest BCUT2D eigenvalue weighted by molar-refractivity contribution is -0.167. The van der Waals surface area contributed by atoms with Crippen LogP contribution in [0.4, 0.5) is 0 Å². The van der Waals surface area contributed by atoms with Gasteiger partial charge in [0.1, 0.15) is 23.7 Å². The van der Waals surface area contributed by atoms with Crippen molar-refractivity contribution in [2.75, 3.05) is 40.0 Å². The number of unbranched alkanes of at least 4 members (excludes halogenated alkanes) is 34. The number of hydrogen-bond donors (Lipinski definition) is 0. The topological polar surface area (TPSA) is 64.6 Å². The highest BCUT2D eigenvalue weighted by Gasteiger charge is 2.25. The third-order valence-electron chi connectivity index (χ3n) is 14.6. The van der Waals surface area contributed by atoms with Crippen LogP contribution in [0.15, 0.2) is 23.0 Å². The fourth-order valence-electron chi connectivity index (χ4n) is 9.66. The fourth-order valence-corrected chi connectivity index (χ4v) is 9.66. The molecule has 7 nitrogen and oxygen atoms in total. The van der Waals surface area contributed by atoms with Crippen LogP contribution >= 0.6 is 0 Å². The number of rotatable bonds is 62. The molecule has 7 heteroatoms. The van der Waals surface area contributed by atoms with Crippen molar-refractivity contribution in [2.24, 2.45) is 0 Å². The summed E-state index contributed by atoms with van der Waals surface area (Å²) in [7, 11) is 0. The molecule has 2 unspecified atom stereocenters. The Bertz CT molecular complexity index is 1050. The van der Waals surface area contributed by atoms with Crippen molar-refractivity contribution < 1.29 is 33.2 Å². The Hall–Kier alpha value is -1.44. The van der Waals surface area contributed by atoms with Crippen LogP contribution in [-0.4, -0.2) is 52.2 Å². The van der Waals surface area contributed by atoms with Crippen molar-refractivity contribution >= 4 is 0 Å². The quantitative estimate of drug-likeness (QED) is 0.0342. The van der Waals surface area contributed by atoms with E-state index in [4.69, 9.17) is 33.2 Å². The molecule has 436 valence electrons. The molecule has 0 radical (unpaired) electrons. The van der Waals surface area contributed by atoms with E-state index in [1.54, 1.807) is 0 Å². The molecule has 0 fully saturated rings. The van der Waals surface area contributed by atoms with E-state index < -0.39 is 0 Å². The normalized spacial score (nSPS) is 13.3. The molecular formula is C66H130O7. The van der Waals surface area contributed by atoms with E-state index in [0.29, 0.717) is 13.2 Å². The number of hydrogen-bond acceptors (Lipinski definition) is 7. The van der Waals surface area contributed by atoms with E-state index in [0.717, 1.165) is 126 Å². The minimum Gasteiger partial charge on any atom is -0.494 e. The van der Waals surface area contributed by atoms with Gasteiger partial charge in [0, 0.05) is 12.8 Å². The van der Waals surface area contributed by atoms with Crippen molar-refractivity contribution in [1.82, 2.24) is 0 Å². The Balaban J connectivity index is 6.36. The first-order chi connectivity index (χ1) is 36.1. The lowest BCUT2D eigenvalue weighted by Gasteiger charge is -2.26. The summed E-state index contributed by atoms with van der Waals surface area (Å²) in [5, 5.41) is 0. The molecule has 0 aliphatic heterocycles. The standard InChI is InChI=1S/C66H130O7/c1-9-17-25-29-33-37-41-47-55-68-61(53-45-21-13-5)65(70-57-49-43-39-35-31-27-19-11-3)63(51-23-15-7)72-59-67-60-73-64(52-24-16-8)66(71-58-50-44-40-36-32-28-20-12-4)62(54-46-22-14-6)69-56-48-42-38-34-30-26-18-10-2/h63-64H,9-60H2,1-8H3. The first kappa shape index (κ1) is 71.6. The summed E-state index contributed by atoms with van der Waals surface area (Å²) in [4.78, 5) is 0. The van der Waals surface area contributed by atoms with E-state index in [9.17, 15) is 0 Å². The third kappa shape index (κ3) is 46.4. The van der Waals surface area contributed by atoms with E-state index in [-0.39, 0.29) is 25.8 Å². The Kier molecular flexibility index (Phi) is 58.6. The van der Waals surface area contributed by atoms with Crippen molar-refractivity contribution in [3.63, 3.8) is 0 Å². The van der Waals surface area contributed by atoms with Gasteiger partial charge in [-0.15, -0.1) is 0 Å². The summed E-state index contributed by atoms with van der Waals surface area (Å²) >= 11 is 0. The molecule has 0 aliphatic rings. The van der Waals surface area contributed by atoms with Crippen LogP contribution in [0.1, 0.15) is 351 Å². The van der Waals surface area contributed by atoms with Gasteiger partial charge in [-0.05, 0) is 51.4 Å². The maximum absolute atomic E-state index is 6.87.